The third kappa shape index (κ3) is 3.49. The number of rotatable bonds is 2. The van der Waals surface area contributed by atoms with Crippen LogP contribution < -0.4 is 11.1 Å². The lowest BCUT2D eigenvalue weighted by Gasteiger charge is -2.23. The highest BCUT2D eigenvalue weighted by Gasteiger charge is 2.26. The lowest BCUT2D eigenvalue weighted by atomic mass is 10.1. The normalized spacial score (nSPS) is 21.4. The smallest absolute Gasteiger partial charge is 0.252 e. The molecule has 0 radical (unpaired) electrons. The van der Waals surface area contributed by atoms with E-state index in [0.717, 1.165) is 6.07 Å². The van der Waals surface area contributed by atoms with Crippen LogP contribution >= 0.6 is 15.9 Å². The van der Waals surface area contributed by atoms with Gasteiger partial charge in [0.2, 0.25) is 0 Å². The predicted octanol–water partition coefficient (Wildman–Crippen LogP) is 1.48. The van der Waals surface area contributed by atoms with E-state index in [1.807, 2.05) is 0 Å². The Hall–Kier alpha value is -1.15. The topological polar surface area (TPSA) is 89.3 Å². The molecule has 1 unspecified atom stereocenters. The molecule has 1 fully saturated rings. The summed E-state index contributed by atoms with van der Waals surface area (Å²) >= 11 is 3.09. The zero-order valence-electron chi connectivity index (χ0n) is 10.5. The van der Waals surface area contributed by atoms with Crippen LogP contribution in [0.4, 0.5) is 10.1 Å². The van der Waals surface area contributed by atoms with Crippen molar-refractivity contribution in [2.45, 2.75) is 18.9 Å². The fourth-order valence-corrected chi connectivity index (χ4v) is 4.27. The lowest BCUT2D eigenvalue weighted by molar-refractivity contribution is 0.0937. The summed E-state index contributed by atoms with van der Waals surface area (Å²) in [6.07, 6.45) is 1.14. The summed E-state index contributed by atoms with van der Waals surface area (Å²) in [6.45, 7) is 0. The highest BCUT2D eigenvalue weighted by molar-refractivity contribution is 9.10. The Morgan fingerprint density at radius 3 is 2.80 bits per heavy atom. The van der Waals surface area contributed by atoms with Gasteiger partial charge in [-0.1, -0.05) is 0 Å². The molecule has 1 aliphatic rings. The molecule has 0 spiro atoms. The van der Waals surface area contributed by atoms with Gasteiger partial charge in [-0.15, -0.1) is 0 Å². The van der Waals surface area contributed by atoms with E-state index in [9.17, 15) is 17.6 Å². The van der Waals surface area contributed by atoms with Gasteiger partial charge in [-0.05, 0) is 40.9 Å². The molecule has 0 aromatic heterocycles. The Bertz CT molecular complexity index is 648. The van der Waals surface area contributed by atoms with Gasteiger partial charge >= 0.3 is 0 Å². The largest absolute Gasteiger partial charge is 0.396 e. The molecule has 1 aromatic carbocycles. The average Bonchev–Trinajstić information content (AvgIpc) is 2.32. The second-order valence-corrected chi connectivity index (χ2v) is 7.86. The average molecular weight is 365 g/mol. The third-order valence-corrected chi connectivity index (χ3v) is 5.61. The fourth-order valence-electron chi connectivity index (χ4n) is 2.14. The van der Waals surface area contributed by atoms with Gasteiger partial charge < -0.3 is 11.1 Å². The highest BCUT2D eigenvalue weighted by Crippen LogP contribution is 2.23. The summed E-state index contributed by atoms with van der Waals surface area (Å²) in [5, 5.41) is 2.65. The lowest BCUT2D eigenvalue weighted by Crippen LogP contribution is -2.43. The van der Waals surface area contributed by atoms with Crippen molar-refractivity contribution in [3.63, 3.8) is 0 Å². The van der Waals surface area contributed by atoms with Crippen LogP contribution in [0.15, 0.2) is 16.6 Å². The maximum atomic E-state index is 13.2. The van der Waals surface area contributed by atoms with Gasteiger partial charge in [0.15, 0.2) is 9.84 Å². The van der Waals surface area contributed by atoms with Crippen LogP contribution in [-0.4, -0.2) is 31.9 Å². The number of carbonyl (C=O) groups excluding carboxylic acids is 1. The first-order chi connectivity index (χ1) is 9.28. The Morgan fingerprint density at radius 1 is 1.45 bits per heavy atom. The summed E-state index contributed by atoms with van der Waals surface area (Å²) in [4.78, 5) is 12.1. The molecule has 20 heavy (non-hydrogen) atoms. The zero-order valence-corrected chi connectivity index (χ0v) is 12.9. The number of amides is 1. The molecular weight excluding hydrogens is 351 g/mol. The number of nitrogens with one attached hydrogen (secondary N) is 1. The van der Waals surface area contributed by atoms with Crippen molar-refractivity contribution in [3.8, 4) is 0 Å². The van der Waals surface area contributed by atoms with Crippen LogP contribution in [0.2, 0.25) is 0 Å². The second kappa shape index (κ2) is 5.69. The molecule has 3 N–H and O–H groups in total. The molecule has 1 amide bonds. The fraction of sp³-hybridized carbons (Fsp3) is 0.417. The maximum Gasteiger partial charge on any atom is 0.252 e. The zero-order chi connectivity index (χ0) is 14.9. The van der Waals surface area contributed by atoms with Gasteiger partial charge in [-0.2, -0.15) is 0 Å². The number of hydrogen-bond donors (Lipinski definition) is 2. The number of anilines is 1. The van der Waals surface area contributed by atoms with Crippen molar-refractivity contribution in [1.82, 2.24) is 5.32 Å². The molecule has 0 bridgehead atoms. The highest BCUT2D eigenvalue weighted by atomic mass is 79.9. The second-order valence-electron chi connectivity index (χ2n) is 4.78. The number of hydrogen-bond acceptors (Lipinski definition) is 4. The Morgan fingerprint density at radius 2 is 2.15 bits per heavy atom. The molecule has 110 valence electrons. The number of sulfone groups is 1. The number of carbonyl (C=O) groups is 1. The van der Waals surface area contributed by atoms with Crippen LogP contribution in [-0.2, 0) is 9.84 Å². The van der Waals surface area contributed by atoms with E-state index < -0.39 is 27.6 Å². The molecule has 1 aliphatic heterocycles. The first-order valence-corrected chi connectivity index (χ1v) is 8.66. The van der Waals surface area contributed by atoms with Gasteiger partial charge in [0.25, 0.3) is 5.91 Å². The molecule has 2 rings (SSSR count). The van der Waals surface area contributed by atoms with E-state index in [1.165, 1.54) is 6.07 Å². The van der Waals surface area contributed by atoms with E-state index in [1.54, 1.807) is 0 Å². The van der Waals surface area contributed by atoms with Gasteiger partial charge in [0, 0.05) is 10.5 Å². The van der Waals surface area contributed by atoms with Crippen molar-refractivity contribution in [2.24, 2.45) is 0 Å². The minimum Gasteiger partial charge on any atom is -0.396 e. The van der Waals surface area contributed by atoms with Crippen LogP contribution in [0.1, 0.15) is 23.2 Å². The minimum atomic E-state index is -3.10. The number of benzene rings is 1. The molecular formula is C12H14BrFN2O3S. The molecule has 0 saturated carbocycles. The molecule has 1 aromatic rings. The van der Waals surface area contributed by atoms with Crippen molar-refractivity contribution in [2.75, 3.05) is 17.2 Å². The van der Waals surface area contributed by atoms with E-state index in [4.69, 9.17) is 5.73 Å². The summed E-state index contributed by atoms with van der Waals surface area (Å²) in [5.41, 5.74) is 5.49. The van der Waals surface area contributed by atoms with Crippen LogP contribution in [0.5, 0.6) is 0 Å². The molecule has 1 heterocycles. The van der Waals surface area contributed by atoms with Crippen LogP contribution in [0.3, 0.4) is 0 Å². The first-order valence-electron chi connectivity index (χ1n) is 6.04. The SMILES string of the molecule is Nc1cc(C(=O)NC2CCCS(=O)(=O)C2)c(Br)cc1F. The molecule has 5 nitrogen and oxygen atoms in total. The molecule has 1 saturated heterocycles. The summed E-state index contributed by atoms with van der Waals surface area (Å²) in [5.74, 6) is -0.987. The number of nitrogen functional groups attached to an aromatic ring is 1. The van der Waals surface area contributed by atoms with Crippen molar-refractivity contribution in [3.05, 3.63) is 28.0 Å². The first kappa shape index (κ1) is 15.2. The van der Waals surface area contributed by atoms with E-state index in [0.29, 0.717) is 12.8 Å². The van der Waals surface area contributed by atoms with Gasteiger partial charge in [0.1, 0.15) is 5.82 Å². The van der Waals surface area contributed by atoms with Crippen molar-refractivity contribution < 1.29 is 17.6 Å². The Labute approximate surface area is 124 Å². The standard InChI is InChI=1S/C12H14BrFN2O3S/c13-9-5-10(14)11(15)4-8(9)12(17)16-7-2-1-3-20(18,19)6-7/h4-5,7H,1-3,6,15H2,(H,16,17). The maximum absolute atomic E-state index is 13.2. The van der Waals surface area contributed by atoms with E-state index >= 15 is 0 Å². The monoisotopic (exact) mass is 364 g/mol. The van der Waals surface area contributed by atoms with Crippen molar-refractivity contribution >= 4 is 37.4 Å². The summed E-state index contributed by atoms with van der Waals surface area (Å²) < 4.78 is 36.5. The van der Waals surface area contributed by atoms with Crippen LogP contribution in [0.25, 0.3) is 0 Å². The Balaban J connectivity index is 2.14. The molecule has 0 aliphatic carbocycles. The van der Waals surface area contributed by atoms with E-state index in [-0.39, 0.29) is 27.2 Å². The van der Waals surface area contributed by atoms with Crippen molar-refractivity contribution in [1.29, 1.82) is 0 Å². The molecule has 1 atom stereocenters. The number of halogens is 2. The van der Waals surface area contributed by atoms with Crippen LogP contribution in [0, 0.1) is 5.82 Å². The third-order valence-electron chi connectivity index (χ3n) is 3.13. The van der Waals surface area contributed by atoms with Gasteiger partial charge in [-0.25, -0.2) is 12.8 Å². The van der Waals surface area contributed by atoms with Gasteiger partial charge in [0.05, 0.1) is 22.8 Å². The summed E-state index contributed by atoms with van der Waals surface area (Å²) in [6, 6.07) is 1.92. The summed E-state index contributed by atoms with van der Waals surface area (Å²) in [7, 11) is -3.10. The quantitative estimate of drug-likeness (QED) is 0.777. The predicted molar refractivity (Wildman–Crippen MR) is 77.7 cm³/mol. The van der Waals surface area contributed by atoms with Gasteiger partial charge in [-0.3, -0.25) is 4.79 Å². The number of nitrogens with two attached hydrogens (primary N) is 1. The Kier molecular flexibility index (Phi) is 4.33. The van der Waals surface area contributed by atoms with E-state index in [2.05, 4.69) is 21.2 Å². The molecule has 8 heteroatoms. The minimum absolute atomic E-state index is 0.0625.